The molecule has 0 radical (unpaired) electrons. The van der Waals surface area contributed by atoms with Crippen molar-refractivity contribution in [2.75, 3.05) is 11.5 Å². The summed E-state index contributed by atoms with van der Waals surface area (Å²) >= 11 is 0. The monoisotopic (exact) mass is 352 g/mol. The summed E-state index contributed by atoms with van der Waals surface area (Å²) in [5.41, 5.74) is 10.8. The molecule has 120 valence electrons. The van der Waals surface area contributed by atoms with E-state index in [0.29, 0.717) is 0 Å². The Morgan fingerprint density at radius 3 is 1.26 bits per heavy atom. The third-order valence-corrected chi connectivity index (χ3v) is 4.64. The van der Waals surface area contributed by atoms with E-state index in [9.17, 15) is 25.9 Å². The van der Waals surface area contributed by atoms with Crippen molar-refractivity contribution in [2.45, 2.75) is 9.79 Å². The summed E-state index contributed by atoms with van der Waals surface area (Å²) in [6.07, 6.45) is 0. The molecule has 0 aliphatic carbocycles. The molecular weight excluding hydrogens is 339 g/mol. The summed E-state index contributed by atoms with van der Waals surface area (Å²) in [7, 11) is -9.33. The average molecular weight is 352 g/mol. The Balaban J connectivity index is 0.00000264. The fourth-order valence-electron chi connectivity index (χ4n) is 1.95. The Kier molecular flexibility index (Phi) is 5.53. The standard InChI is InChI=1S/C12H12N2O6S2.Li.H/c13-7-1-3-9(11(5-7)21(15,16)17)10-4-2-8(14)6-12(10)22(18,19)20;;/h1-6H,13-14H2,(H,15,16,17)(H,18,19,20);;. The van der Waals surface area contributed by atoms with Gasteiger partial charge in [-0.2, -0.15) is 16.8 Å². The van der Waals surface area contributed by atoms with E-state index in [0.717, 1.165) is 12.1 Å². The molecule has 0 amide bonds. The van der Waals surface area contributed by atoms with Gasteiger partial charge in [0, 0.05) is 22.5 Å². The van der Waals surface area contributed by atoms with Crippen molar-refractivity contribution < 1.29 is 25.9 Å². The second-order valence-corrected chi connectivity index (χ2v) is 7.24. The molecule has 0 fully saturated rings. The minimum absolute atomic E-state index is 0. The summed E-state index contributed by atoms with van der Waals surface area (Å²) in [6, 6.07) is 7.06. The molecule has 2 aromatic carbocycles. The number of benzene rings is 2. The van der Waals surface area contributed by atoms with E-state index >= 15 is 0 Å². The fourth-order valence-corrected chi connectivity index (χ4v) is 3.43. The Bertz CT molecular complexity index is 878. The molecule has 0 heterocycles. The van der Waals surface area contributed by atoms with Crippen molar-refractivity contribution in [2.24, 2.45) is 0 Å². The van der Waals surface area contributed by atoms with Crippen LogP contribution in [0.4, 0.5) is 11.4 Å². The van der Waals surface area contributed by atoms with Crippen molar-refractivity contribution in [3.8, 4) is 11.1 Å². The second kappa shape index (κ2) is 6.52. The van der Waals surface area contributed by atoms with Crippen LogP contribution in [0.3, 0.4) is 0 Å². The predicted octanol–water partition coefficient (Wildman–Crippen LogP) is 0.363. The van der Waals surface area contributed by atoms with Gasteiger partial charge in [0.1, 0.15) is 9.79 Å². The zero-order valence-electron chi connectivity index (χ0n) is 11.0. The van der Waals surface area contributed by atoms with E-state index in [1.54, 1.807) is 0 Å². The number of anilines is 2. The Hall–Kier alpha value is -1.54. The molecule has 0 atom stereocenters. The third-order valence-electron chi connectivity index (χ3n) is 2.86. The summed E-state index contributed by atoms with van der Waals surface area (Å²) < 4.78 is 64.4. The predicted molar refractivity (Wildman–Crippen MR) is 87.5 cm³/mol. The van der Waals surface area contributed by atoms with Gasteiger partial charge < -0.3 is 11.5 Å². The number of hydrogen-bond donors (Lipinski definition) is 4. The molecule has 2 rings (SSSR count). The van der Waals surface area contributed by atoms with Crippen molar-refractivity contribution in [3.63, 3.8) is 0 Å². The van der Waals surface area contributed by atoms with Gasteiger partial charge in [0.2, 0.25) is 0 Å². The van der Waals surface area contributed by atoms with Gasteiger partial charge in [-0.05, 0) is 24.3 Å². The van der Waals surface area contributed by atoms with Gasteiger partial charge >= 0.3 is 18.9 Å². The topological polar surface area (TPSA) is 161 Å². The van der Waals surface area contributed by atoms with E-state index < -0.39 is 30.0 Å². The SMILES string of the molecule is Nc1ccc(-c2ccc(N)cc2S(=O)(=O)O)c(S(=O)(=O)O)c1.[LiH]. The molecule has 0 unspecified atom stereocenters. The molecule has 0 saturated heterocycles. The van der Waals surface area contributed by atoms with Crippen LogP contribution in [-0.2, 0) is 20.2 Å². The second-order valence-electron chi connectivity index (χ2n) is 4.46. The van der Waals surface area contributed by atoms with Gasteiger partial charge in [-0.3, -0.25) is 9.11 Å². The van der Waals surface area contributed by atoms with Crippen LogP contribution in [0.15, 0.2) is 46.2 Å². The number of rotatable bonds is 3. The van der Waals surface area contributed by atoms with Crippen LogP contribution < -0.4 is 11.5 Å². The van der Waals surface area contributed by atoms with Crippen molar-refractivity contribution in [1.82, 2.24) is 0 Å². The van der Waals surface area contributed by atoms with Crippen LogP contribution in [0.2, 0.25) is 0 Å². The average Bonchev–Trinajstić information content (AvgIpc) is 2.37. The Labute approximate surface area is 145 Å². The zero-order chi connectivity index (χ0) is 16.7. The van der Waals surface area contributed by atoms with Crippen molar-refractivity contribution >= 4 is 50.5 Å². The van der Waals surface area contributed by atoms with Crippen LogP contribution in [-0.4, -0.2) is 44.8 Å². The van der Waals surface area contributed by atoms with Gasteiger partial charge in [-0.25, -0.2) is 0 Å². The van der Waals surface area contributed by atoms with Crippen LogP contribution in [0.25, 0.3) is 11.1 Å². The first-order valence-corrected chi connectivity index (χ1v) is 8.62. The zero-order valence-corrected chi connectivity index (χ0v) is 12.6. The third kappa shape index (κ3) is 4.26. The molecule has 0 aliphatic heterocycles. The molecule has 0 bridgehead atoms. The molecule has 6 N–H and O–H groups in total. The molecule has 8 nitrogen and oxygen atoms in total. The first-order chi connectivity index (χ1) is 10.00. The number of nitrogens with two attached hydrogens (primary N) is 2. The Morgan fingerprint density at radius 1 is 0.696 bits per heavy atom. The van der Waals surface area contributed by atoms with Gasteiger partial charge in [0.05, 0.1) is 0 Å². The molecule has 0 aliphatic rings. The molecule has 0 saturated carbocycles. The van der Waals surface area contributed by atoms with Crippen LogP contribution in [0.5, 0.6) is 0 Å². The molecule has 11 heteroatoms. The van der Waals surface area contributed by atoms with Crippen molar-refractivity contribution in [3.05, 3.63) is 36.4 Å². The normalized spacial score (nSPS) is 11.7. The molecule has 2 aromatic rings. The van der Waals surface area contributed by atoms with Crippen LogP contribution >= 0.6 is 0 Å². The van der Waals surface area contributed by atoms with E-state index in [1.165, 1.54) is 24.3 Å². The number of hydrogen-bond acceptors (Lipinski definition) is 6. The minimum atomic E-state index is -4.66. The van der Waals surface area contributed by atoms with E-state index in [4.69, 9.17) is 11.5 Å². The van der Waals surface area contributed by atoms with Gasteiger partial charge in [-0.15, -0.1) is 0 Å². The fraction of sp³-hybridized carbons (Fsp3) is 0. The first kappa shape index (κ1) is 19.5. The molecule has 0 spiro atoms. The van der Waals surface area contributed by atoms with Gasteiger partial charge in [-0.1, -0.05) is 12.1 Å². The van der Waals surface area contributed by atoms with E-state index in [1.807, 2.05) is 0 Å². The molecule has 0 aromatic heterocycles. The van der Waals surface area contributed by atoms with Crippen LogP contribution in [0.1, 0.15) is 0 Å². The molecule has 23 heavy (non-hydrogen) atoms. The van der Waals surface area contributed by atoms with E-state index in [-0.39, 0.29) is 41.4 Å². The molecular formula is C12H13LiN2O6S2. The van der Waals surface area contributed by atoms with Crippen molar-refractivity contribution in [1.29, 1.82) is 0 Å². The first-order valence-electron chi connectivity index (χ1n) is 5.74. The maximum atomic E-state index is 11.5. The quantitative estimate of drug-likeness (QED) is 0.350. The number of nitrogen functional groups attached to an aromatic ring is 2. The van der Waals surface area contributed by atoms with Gasteiger partial charge in [0.15, 0.2) is 0 Å². The van der Waals surface area contributed by atoms with Crippen LogP contribution in [0, 0.1) is 0 Å². The summed E-state index contributed by atoms with van der Waals surface area (Å²) in [4.78, 5) is -1.16. The van der Waals surface area contributed by atoms with Gasteiger partial charge in [0.25, 0.3) is 20.2 Å². The summed E-state index contributed by atoms with van der Waals surface area (Å²) in [5, 5.41) is 0. The maximum absolute atomic E-state index is 11.5. The summed E-state index contributed by atoms with van der Waals surface area (Å²) in [5.74, 6) is 0. The summed E-state index contributed by atoms with van der Waals surface area (Å²) in [6.45, 7) is 0. The van der Waals surface area contributed by atoms with E-state index in [2.05, 4.69) is 0 Å². The Morgan fingerprint density at radius 2 is 1.00 bits per heavy atom.